The molecule has 0 aromatic heterocycles. The smallest absolute Gasteiger partial charge is 0.244 e. The van der Waals surface area contributed by atoms with Crippen molar-refractivity contribution in [2.45, 2.75) is 19.9 Å². The highest BCUT2D eigenvalue weighted by molar-refractivity contribution is 5.84. The molecule has 0 aliphatic rings. The van der Waals surface area contributed by atoms with E-state index in [4.69, 9.17) is 5.73 Å². The molecule has 1 unspecified atom stereocenters. The summed E-state index contributed by atoms with van der Waals surface area (Å²) >= 11 is 0. The average Bonchev–Trinajstić information content (AvgIpc) is 2.30. The minimum atomic E-state index is -0.228. The first-order chi connectivity index (χ1) is 7.54. The van der Waals surface area contributed by atoms with Crippen LogP contribution in [0.4, 0.5) is 11.4 Å². The molecule has 4 heteroatoms. The molecule has 0 fully saturated rings. The molecule has 3 N–H and O–H groups in total. The number of nitrogens with two attached hydrogens (primary N) is 1. The number of carbonyl (C=O) groups excluding carboxylic acids is 1. The third-order valence-corrected chi connectivity index (χ3v) is 2.51. The molecule has 16 heavy (non-hydrogen) atoms. The quantitative estimate of drug-likeness (QED) is 0.758. The first-order valence-corrected chi connectivity index (χ1v) is 5.41. The lowest BCUT2D eigenvalue weighted by Gasteiger charge is -2.21. The highest BCUT2D eigenvalue weighted by atomic mass is 16.2. The van der Waals surface area contributed by atoms with Crippen molar-refractivity contribution in [2.24, 2.45) is 0 Å². The fourth-order valence-electron chi connectivity index (χ4n) is 1.38. The van der Waals surface area contributed by atoms with Crippen LogP contribution in [-0.4, -0.2) is 30.4 Å². The van der Waals surface area contributed by atoms with Crippen molar-refractivity contribution in [1.29, 1.82) is 0 Å². The van der Waals surface area contributed by atoms with E-state index in [9.17, 15) is 4.79 Å². The SMILES string of the molecule is CCN(C)C(=O)C(C)Nc1ccc(N)cc1. The summed E-state index contributed by atoms with van der Waals surface area (Å²) in [4.78, 5) is 13.5. The van der Waals surface area contributed by atoms with Gasteiger partial charge in [-0.25, -0.2) is 0 Å². The molecule has 0 aliphatic heterocycles. The monoisotopic (exact) mass is 221 g/mol. The zero-order valence-electron chi connectivity index (χ0n) is 10.0. The number of hydrogen-bond donors (Lipinski definition) is 2. The van der Waals surface area contributed by atoms with Crippen molar-refractivity contribution in [1.82, 2.24) is 4.90 Å². The summed E-state index contributed by atoms with van der Waals surface area (Å²) in [5, 5.41) is 3.14. The van der Waals surface area contributed by atoms with E-state index in [1.807, 2.05) is 38.1 Å². The molecule has 0 radical (unpaired) electrons. The van der Waals surface area contributed by atoms with E-state index in [0.29, 0.717) is 6.54 Å². The molecule has 1 rings (SSSR count). The lowest BCUT2D eigenvalue weighted by Crippen LogP contribution is -2.38. The number of nitrogen functional groups attached to an aromatic ring is 1. The standard InChI is InChI=1S/C12H19N3O/c1-4-15(3)12(16)9(2)14-11-7-5-10(13)6-8-11/h5-9,14H,4,13H2,1-3H3. The fourth-order valence-corrected chi connectivity index (χ4v) is 1.38. The molecule has 0 saturated carbocycles. The predicted octanol–water partition coefficient (Wildman–Crippen LogP) is 1.55. The normalized spacial score (nSPS) is 11.9. The van der Waals surface area contributed by atoms with Crippen molar-refractivity contribution in [3.63, 3.8) is 0 Å². The van der Waals surface area contributed by atoms with Crippen LogP contribution in [-0.2, 0) is 4.79 Å². The van der Waals surface area contributed by atoms with Crippen LogP contribution in [0.2, 0.25) is 0 Å². The second-order valence-electron chi connectivity index (χ2n) is 3.84. The van der Waals surface area contributed by atoms with E-state index < -0.39 is 0 Å². The summed E-state index contributed by atoms with van der Waals surface area (Å²) in [6, 6.07) is 7.12. The van der Waals surface area contributed by atoms with Gasteiger partial charge in [-0.15, -0.1) is 0 Å². The number of anilines is 2. The molecule has 0 aliphatic carbocycles. The van der Waals surface area contributed by atoms with Gasteiger partial charge in [0.15, 0.2) is 0 Å². The van der Waals surface area contributed by atoms with Crippen molar-refractivity contribution in [2.75, 3.05) is 24.6 Å². The Kier molecular flexibility index (Phi) is 4.17. The summed E-state index contributed by atoms with van der Waals surface area (Å²) in [7, 11) is 1.80. The third kappa shape index (κ3) is 3.15. The zero-order chi connectivity index (χ0) is 12.1. The molecule has 88 valence electrons. The van der Waals surface area contributed by atoms with Gasteiger partial charge in [0.25, 0.3) is 0 Å². The van der Waals surface area contributed by atoms with E-state index in [1.54, 1.807) is 11.9 Å². The van der Waals surface area contributed by atoms with Gasteiger partial charge in [0.1, 0.15) is 6.04 Å². The molecule has 1 aromatic rings. The lowest BCUT2D eigenvalue weighted by molar-refractivity contribution is -0.130. The molecule has 4 nitrogen and oxygen atoms in total. The summed E-state index contributed by atoms with van der Waals surface area (Å²) in [5.74, 6) is 0.0827. The van der Waals surface area contributed by atoms with Crippen molar-refractivity contribution >= 4 is 17.3 Å². The molecular formula is C12H19N3O. The largest absolute Gasteiger partial charge is 0.399 e. The number of nitrogens with zero attached hydrogens (tertiary/aromatic N) is 1. The van der Waals surface area contributed by atoms with Crippen molar-refractivity contribution in [3.8, 4) is 0 Å². The van der Waals surface area contributed by atoms with Crippen LogP contribution >= 0.6 is 0 Å². The van der Waals surface area contributed by atoms with E-state index in [-0.39, 0.29) is 11.9 Å². The summed E-state index contributed by atoms with van der Waals surface area (Å²) < 4.78 is 0. The predicted molar refractivity (Wildman–Crippen MR) is 67.3 cm³/mol. The third-order valence-electron chi connectivity index (χ3n) is 2.51. The van der Waals surface area contributed by atoms with Gasteiger partial charge in [-0.05, 0) is 38.1 Å². The Labute approximate surface area is 96.4 Å². The van der Waals surface area contributed by atoms with Gasteiger partial charge in [-0.3, -0.25) is 4.79 Å². The van der Waals surface area contributed by atoms with Gasteiger partial charge < -0.3 is 16.0 Å². The number of nitrogens with one attached hydrogen (secondary N) is 1. The van der Waals surface area contributed by atoms with Gasteiger partial charge in [0, 0.05) is 25.0 Å². The minimum Gasteiger partial charge on any atom is -0.399 e. The number of rotatable bonds is 4. The number of benzene rings is 1. The highest BCUT2D eigenvalue weighted by Gasteiger charge is 2.15. The molecule has 1 amide bonds. The Hall–Kier alpha value is -1.71. The van der Waals surface area contributed by atoms with Gasteiger partial charge in [0.2, 0.25) is 5.91 Å². The highest BCUT2D eigenvalue weighted by Crippen LogP contribution is 2.12. The number of likely N-dealkylation sites (N-methyl/N-ethyl adjacent to an activating group) is 1. The molecule has 1 atom stereocenters. The van der Waals surface area contributed by atoms with Gasteiger partial charge >= 0.3 is 0 Å². The van der Waals surface area contributed by atoms with Gasteiger partial charge in [-0.2, -0.15) is 0 Å². The molecule has 0 heterocycles. The molecular weight excluding hydrogens is 202 g/mol. The Morgan fingerprint density at radius 3 is 2.50 bits per heavy atom. The second kappa shape index (κ2) is 5.39. The van der Waals surface area contributed by atoms with E-state index in [0.717, 1.165) is 11.4 Å². The van der Waals surface area contributed by atoms with E-state index >= 15 is 0 Å². The van der Waals surface area contributed by atoms with Gasteiger partial charge in [0.05, 0.1) is 0 Å². The van der Waals surface area contributed by atoms with Crippen molar-refractivity contribution < 1.29 is 4.79 Å². The van der Waals surface area contributed by atoms with Crippen LogP contribution in [0.15, 0.2) is 24.3 Å². The molecule has 1 aromatic carbocycles. The minimum absolute atomic E-state index is 0.0827. The maximum atomic E-state index is 11.8. The van der Waals surface area contributed by atoms with Crippen molar-refractivity contribution in [3.05, 3.63) is 24.3 Å². The van der Waals surface area contributed by atoms with E-state index in [2.05, 4.69) is 5.32 Å². The van der Waals surface area contributed by atoms with Crippen LogP contribution in [0.3, 0.4) is 0 Å². The van der Waals surface area contributed by atoms with Crippen LogP contribution in [0, 0.1) is 0 Å². The molecule has 0 spiro atoms. The Morgan fingerprint density at radius 1 is 1.44 bits per heavy atom. The zero-order valence-corrected chi connectivity index (χ0v) is 10.0. The van der Waals surface area contributed by atoms with Crippen LogP contribution in [0.25, 0.3) is 0 Å². The average molecular weight is 221 g/mol. The lowest BCUT2D eigenvalue weighted by atomic mass is 10.2. The molecule has 0 saturated heterocycles. The first-order valence-electron chi connectivity index (χ1n) is 5.41. The second-order valence-corrected chi connectivity index (χ2v) is 3.84. The number of amides is 1. The Balaban J connectivity index is 2.60. The summed E-state index contributed by atoms with van der Waals surface area (Å²) in [6.45, 7) is 4.52. The van der Waals surface area contributed by atoms with Crippen LogP contribution in [0.1, 0.15) is 13.8 Å². The first kappa shape index (κ1) is 12.4. The Bertz CT molecular complexity index is 348. The Morgan fingerprint density at radius 2 is 2.00 bits per heavy atom. The number of carbonyl (C=O) groups is 1. The van der Waals surface area contributed by atoms with E-state index in [1.165, 1.54) is 0 Å². The van der Waals surface area contributed by atoms with Crippen LogP contribution < -0.4 is 11.1 Å². The fraction of sp³-hybridized carbons (Fsp3) is 0.417. The topological polar surface area (TPSA) is 58.4 Å². The maximum absolute atomic E-state index is 11.8. The maximum Gasteiger partial charge on any atom is 0.244 e. The molecule has 0 bridgehead atoms. The number of hydrogen-bond acceptors (Lipinski definition) is 3. The summed E-state index contributed by atoms with van der Waals surface area (Å²) in [6.07, 6.45) is 0. The van der Waals surface area contributed by atoms with Crippen LogP contribution in [0.5, 0.6) is 0 Å². The summed E-state index contributed by atoms with van der Waals surface area (Å²) in [5.41, 5.74) is 7.20. The van der Waals surface area contributed by atoms with Gasteiger partial charge in [-0.1, -0.05) is 0 Å².